The Balaban J connectivity index is 1.65. The molecule has 0 aliphatic rings. The van der Waals surface area contributed by atoms with E-state index in [2.05, 4.69) is 35.0 Å². The SMILES string of the molecule is O=S([O-])NCCCc1ccc(F)c(Nc2ncccc2-c2ncnc3nc[nH]c23)c1Cl. The van der Waals surface area contributed by atoms with Gasteiger partial charge in [0.1, 0.15) is 29.2 Å². The van der Waals surface area contributed by atoms with Crippen LogP contribution in [0.15, 0.2) is 43.1 Å². The number of aromatic nitrogens is 5. The second kappa shape index (κ2) is 9.43. The van der Waals surface area contributed by atoms with E-state index in [0.717, 1.165) is 0 Å². The van der Waals surface area contributed by atoms with Crippen LogP contribution in [0.25, 0.3) is 22.4 Å². The van der Waals surface area contributed by atoms with Crippen molar-refractivity contribution in [3.05, 3.63) is 59.5 Å². The Bertz CT molecular complexity index is 1250. The van der Waals surface area contributed by atoms with Crippen LogP contribution in [0, 0.1) is 5.82 Å². The molecule has 3 aromatic heterocycles. The van der Waals surface area contributed by atoms with E-state index in [0.29, 0.717) is 46.6 Å². The Hall–Kier alpha value is -2.99. The topological polar surface area (TPSA) is 132 Å². The highest BCUT2D eigenvalue weighted by molar-refractivity contribution is 7.77. The van der Waals surface area contributed by atoms with Gasteiger partial charge in [-0.3, -0.25) is 4.21 Å². The van der Waals surface area contributed by atoms with Crippen LogP contribution >= 0.6 is 11.6 Å². The number of H-pyrrole nitrogens is 1. The predicted molar refractivity (Wildman–Crippen MR) is 115 cm³/mol. The van der Waals surface area contributed by atoms with Gasteiger partial charge in [-0.05, 0) is 36.6 Å². The first-order valence-corrected chi connectivity index (χ1v) is 10.7. The molecule has 0 radical (unpaired) electrons. The van der Waals surface area contributed by atoms with E-state index in [1.165, 1.54) is 18.7 Å². The van der Waals surface area contributed by atoms with Crippen LogP contribution < -0.4 is 10.0 Å². The number of imidazole rings is 1. The number of hydrogen-bond donors (Lipinski definition) is 3. The van der Waals surface area contributed by atoms with Crippen molar-refractivity contribution in [1.29, 1.82) is 0 Å². The largest absolute Gasteiger partial charge is 0.760 e. The lowest BCUT2D eigenvalue weighted by molar-refractivity contribution is 0.521. The van der Waals surface area contributed by atoms with Gasteiger partial charge in [0.25, 0.3) is 0 Å². The van der Waals surface area contributed by atoms with E-state index >= 15 is 0 Å². The second-order valence-electron chi connectivity index (χ2n) is 6.48. The fourth-order valence-corrected chi connectivity index (χ4v) is 3.73. The molecular weight excluding hydrogens is 445 g/mol. The summed E-state index contributed by atoms with van der Waals surface area (Å²) >= 11 is 4.14. The van der Waals surface area contributed by atoms with Crippen molar-refractivity contribution in [3.8, 4) is 11.3 Å². The Labute approximate surface area is 183 Å². The number of rotatable bonds is 8. The molecule has 0 bridgehead atoms. The maximum Gasteiger partial charge on any atom is 0.181 e. The number of aromatic amines is 1. The van der Waals surface area contributed by atoms with Crippen molar-refractivity contribution in [2.75, 3.05) is 11.9 Å². The van der Waals surface area contributed by atoms with Crippen LogP contribution in [0.4, 0.5) is 15.9 Å². The van der Waals surface area contributed by atoms with Crippen molar-refractivity contribution < 1.29 is 13.2 Å². The van der Waals surface area contributed by atoms with Gasteiger partial charge in [-0.25, -0.2) is 29.0 Å². The highest BCUT2D eigenvalue weighted by atomic mass is 35.5. The molecule has 3 heterocycles. The van der Waals surface area contributed by atoms with Crippen molar-refractivity contribution >= 4 is 45.5 Å². The molecule has 4 aromatic rings. The molecule has 0 aliphatic heterocycles. The van der Waals surface area contributed by atoms with Gasteiger partial charge < -0.3 is 14.9 Å². The Morgan fingerprint density at radius 1 is 1.19 bits per heavy atom. The number of halogens is 2. The lowest BCUT2D eigenvalue weighted by atomic mass is 10.1. The molecule has 0 aliphatic carbocycles. The molecule has 9 nitrogen and oxygen atoms in total. The summed E-state index contributed by atoms with van der Waals surface area (Å²) in [5.74, 6) is -0.183. The summed E-state index contributed by atoms with van der Waals surface area (Å²) in [6.45, 7) is 0.255. The van der Waals surface area contributed by atoms with E-state index in [1.54, 1.807) is 24.4 Å². The van der Waals surface area contributed by atoms with Crippen LogP contribution in [0.1, 0.15) is 12.0 Å². The molecule has 4 rings (SSSR count). The highest BCUT2D eigenvalue weighted by Crippen LogP contribution is 2.35. The predicted octanol–water partition coefficient (Wildman–Crippen LogP) is 3.27. The summed E-state index contributed by atoms with van der Waals surface area (Å²) in [5.41, 5.74) is 3.05. The van der Waals surface area contributed by atoms with Gasteiger partial charge in [0, 0.05) is 29.6 Å². The zero-order chi connectivity index (χ0) is 21.8. The van der Waals surface area contributed by atoms with Crippen molar-refractivity contribution in [2.24, 2.45) is 0 Å². The summed E-state index contributed by atoms with van der Waals surface area (Å²) in [5, 5.41) is 3.19. The van der Waals surface area contributed by atoms with Crippen LogP contribution in [0.2, 0.25) is 5.02 Å². The molecule has 3 N–H and O–H groups in total. The number of nitrogens with one attached hydrogen (secondary N) is 3. The Kier molecular flexibility index (Phi) is 6.47. The van der Waals surface area contributed by atoms with Crippen LogP contribution in [-0.4, -0.2) is 40.2 Å². The van der Waals surface area contributed by atoms with E-state index in [-0.39, 0.29) is 17.3 Å². The second-order valence-corrected chi connectivity index (χ2v) is 7.61. The molecule has 12 heteroatoms. The maximum absolute atomic E-state index is 14.6. The van der Waals surface area contributed by atoms with Gasteiger partial charge in [-0.1, -0.05) is 17.7 Å². The number of benzene rings is 1. The molecule has 0 saturated carbocycles. The molecule has 1 aromatic carbocycles. The lowest BCUT2D eigenvalue weighted by Crippen LogP contribution is -2.18. The summed E-state index contributed by atoms with van der Waals surface area (Å²) < 4.78 is 38.1. The van der Waals surface area contributed by atoms with E-state index in [4.69, 9.17) is 11.6 Å². The standard InChI is InChI=1S/C19H17ClFN7O2S/c20-14-11(3-1-8-27-31(29)30)5-6-13(21)16(14)28-18-12(4-2-7-22-18)15-17-19(25-9-23-15)26-10-24-17/h2,4-7,9-10,27H,1,3,8H2,(H,22,28)(H,29,30)(H,23,24,25,26)/p-1. The van der Waals surface area contributed by atoms with Gasteiger partial charge in [-0.15, -0.1) is 0 Å². The van der Waals surface area contributed by atoms with Crippen LogP contribution in [-0.2, 0) is 17.7 Å². The number of anilines is 2. The molecule has 1 unspecified atom stereocenters. The normalized spacial score (nSPS) is 12.2. The zero-order valence-electron chi connectivity index (χ0n) is 15.9. The average Bonchev–Trinajstić information content (AvgIpc) is 3.25. The Morgan fingerprint density at radius 2 is 2.06 bits per heavy atom. The van der Waals surface area contributed by atoms with Gasteiger partial charge in [-0.2, -0.15) is 0 Å². The minimum absolute atomic E-state index is 0.0781. The van der Waals surface area contributed by atoms with E-state index in [9.17, 15) is 13.2 Å². The van der Waals surface area contributed by atoms with E-state index < -0.39 is 17.1 Å². The molecule has 0 spiro atoms. The summed E-state index contributed by atoms with van der Waals surface area (Å²) in [4.78, 5) is 19.9. The minimum Gasteiger partial charge on any atom is -0.760 e. The van der Waals surface area contributed by atoms with Crippen molar-refractivity contribution in [3.63, 3.8) is 0 Å². The van der Waals surface area contributed by atoms with Crippen molar-refractivity contribution in [1.82, 2.24) is 29.6 Å². The number of aryl methyl sites for hydroxylation is 1. The molecule has 160 valence electrons. The maximum atomic E-state index is 14.6. The Morgan fingerprint density at radius 3 is 2.90 bits per heavy atom. The third-order valence-electron chi connectivity index (χ3n) is 4.54. The molecular formula is C19H16ClFN7O2S-. The van der Waals surface area contributed by atoms with Gasteiger partial charge in [0.2, 0.25) is 0 Å². The van der Waals surface area contributed by atoms with Gasteiger partial charge in [0.15, 0.2) is 5.65 Å². The number of fused-ring (bicyclic) bond motifs is 1. The quantitative estimate of drug-likeness (QED) is 0.271. The summed E-state index contributed by atoms with van der Waals surface area (Å²) in [6.07, 6.45) is 5.46. The number of hydrogen-bond acceptors (Lipinski definition) is 7. The summed E-state index contributed by atoms with van der Waals surface area (Å²) in [6, 6.07) is 6.42. The molecule has 1 atom stereocenters. The van der Waals surface area contributed by atoms with Crippen LogP contribution in [0.3, 0.4) is 0 Å². The monoisotopic (exact) mass is 460 g/mol. The smallest absolute Gasteiger partial charge is 0.181 e. The zero-order valence-corrected chi connectivity index (χ0v) is 17.5. The molecule has 31 heavy (non-hydrogen) atoms. The van der Waals surface area contributed by atoms with Crippen LogP contribution in [0.5, 0.6) is 0 Å². The molecule has 0 amide bonds. The fourth-order valence-electron chi connectivity index (χ4n) is 3.12. The number of pyridine rings is 1. The third kappa shape index (κ3) is 4.69. The molecule has 0 fully saturated rings. The van der Waals surface area contributed by atoms with E-state index in [1.807, 2.05) is 0 Å². The van der Waals surface area contributed by atoms with Gasteiger partial charge in [0.05, 0.1) is 17.0 Å². The fraction of sp³-hybridized carbons (Fsp3) is 0.158. The lowest BCUT2D eigenvalue weighted by Gasteiger charge is -2.15. The number of nitrogens with zero attached hydrogens (tertiary/aromatic N) is 4. The average molecular weight is 461 g/mol. The third-order valence-corrected chi connectivity index (χ3v) is 5.41. The van der Waals surface area contributed by atoms with Crippen molar-refractivity contribution in [2.45, 2.75) is 12.8 Å². The first kappa shape index (κ1) is 21.2. The minimum atomic E-state index is -2.32. The van der Waals surface area contributed by atoms with Gasteiger partial charge >= 0.3 is 0 Å². The first-order valence-electron chi connectivity index (χ1n) is 9.20. The highest BCUT2D eigenvalue weighted by Gasteiger charge is 2.17. The first-order chi connectivity index (χ1) is 15.0. The molecule has 0 saturated heterocycles. The summed E-state index contributed by atoms with van der Waals surface area (Å²) in [7, 11) is 0.